The van der Waals surface area contributed by atoms with Crippen molar-refractivity contribution in [3.63, 3.8) is 0 Å². The average Bonchev–Trinajstić information content (AvgIpc) is 3.08. The number of rotatable bonds is 3. The van der Waals surface area contributed by atoms with Crippen molar-refractivity contribution in [1.29, 1.82) is 0 Å². The molecule has 26 heavy (non-hydrogen) atoms. The zero-order valence-electron chi connectivity index (χ0n) is 13.7. The minimum atomic E-state index is -3.71. The molecule has 1 aliphatic rings. The second-order valence-corrected chi connectivity index (χ2v) is 9.68. The van der Waals surface area contributed by atoms with Gasteiger partial charge in [-0.3, -0.25) is 0 Å². The van der Waals surface area contributed by atoms with Crippen molar-refractivity contribution in [2.24, 2.45) is 0 Å². The van der Waals surface area contributed by atoms with Gasteiger partial charge in [-0.15, -0.1) is 11.3 Å². The lowest BCUT2D eigenvalue weighted by Gasteiger charge is -2.30. The molecule has 0 N–H and O–H groups in total. The highest BCUT2D eigenvalue weighted by Crippen LogP contribution is 2.35. The third kappa shape index (κ3) is 3.24. The number of thiazole rings is 1. The first kappa shape index (κ1) is 17.9. The molecule has 8 heteroatoms. The van der Waals surface area contributed by atoms with Crippen LogP contribution in [-0.2, 0) is 10.0 Å². The number of aromatic nitrogens is 1. The normalized spacial score (nSPS) is 17.0. The number of para-hydroxylation sites is 1. The highest BCUT2D eigenvalue weighted by atomic mass is 35.5. The maximum absolute atomic E-state index is 13.6. The molecule has 0 atom stereocenters. The molecule has 0 bridgehead atoms. The van der Waals surface area contributed by atoms with Crippen molar-refractivity contribution >= 4 is 43.2 Å². The van der Waals surface area contributed by atoms with Gasteiger partial charge in [-0.25, -0.2) is 17.8 Å². The van der Waals surface area contributed by atoms with E-state index in [4.69, 9.17) is 11.6 Å². The Morgan fingerprint density at radius 3 is 2.58 bits per heavy atom. The maximum atomic E-state index is 13.6. The number of hydrogen-bond donors (Lipinski definition) is 0. The van der Waals surface area contributed by atoms with Gasteiger partial charge in [0.25, 0.3) is 0 Å². The topological polar surface area (TPSA) is 50.3 Å². The van der Waals surface area contributed by atoms with Gasteiger partial charge < -0.3 is 0 Å². The number of sulfonamides is 1. The van der Waals surface area contributed by atoms with E-state index >= 15 is 0 Å². The molecule has 4 nitrogen and oxygen atoms in total. The lowest BCUT2D eigenvalue weighted by Crippen LogP contribution is -2.37. The van der Waals surface area contributed by atoms with E-state index in [0.717, 1.165) is 21.3 Å². The Morgan fingerprint density at radius 2 is 1.88 bits per heavy atom. The zero-order chi connectivity index (χ0) is 18.3. The molecule has 1 saturated heterocycles. The van der Waals surface area contributed by atoms with Crippen LogP contribution in [0.4, 0.5) is 4.39 Å². The Labute approximate surface area is 160 Å². The fourth-order valence-electron chi connectivity index (χ4n) is 3.19. The Hall–Kier alpha value is -1.54. The number of hydrogen-bond acceptors (Lipinski definition) is 4. The Balaban J connectivity index is 1.51. The molecule has 0 spiro atoms. The van der Waals surface area contributed by atoms with Gasteiger partial charge >= 0.3 is 0 Å². The maximum Gasteiger partial charge on any atom is 0.243 e. The van der Waals surface area contributed by atoms with Crippen molar-refractivity contribution in [1.82, 2.24) is 9.29 Å². The molecular weight excluding hydrogens is 395 g/mol. The van der Waals surface area contributed by atoms with Gasteiger partial charge in [-0.05, 0) is 43.2 Å². The molecule has 2 aromatic carbocycles. The summed E-state index contributed by atoms with van der Waals surface area (Å²) < 4.78 is 41.7. The van der Waals surface area contributed by atoms with E-state index in [1.54, 1.807) is 11.3 Å². The van der Waals surface area contributed by atoms with E-state index in [0.29, 0.717) is 25.9 Å². The number of nitrogens with zero attached hydrogens (tertiary/aromatic N) is 2. The largest absolute Gasteiger partial charge is 0.243 e. The van der Waals surface area contributed by atoms with E-state index in [2.05, 4.69) is 4.98 Å². The summed E-state index contributed by atoms with van der Waals surface area (Å²) in [6.07, 6.45) is 1.41. The lowest BCUT2D eigenvalue weighted by molar-refractivity contribution is 0.319. The fraction of sp³-hybridized carbons (Fsp3) is 0.278. The van der Waals surface area contributed by atoms with E-state index < -0.39 is 15.8 Å². The highest BCUT2D eigenvalue weighted by Gasteiger charge is 2.31. The van der Waals surface area contributed by atoms with Crippen molar-refractivity contribution in [3.8, 4) is 0 Å². The summed E-state index contributed by atoms with van der Waals surface area (Å²) in [5, 5.41) is 0.972. The van der Waals surface area contributed by atoms with Crippen molar-refractivity contribution in [2.45, 2.75) is 23.7 Å². The summed E-state index contributed by atoms with van der Waals surface area (Å²) in [5.74, 6) is -0.474. The van der Waals surface area contributed by atoms with Crippen LogP contribution < -0.4 is 0 Å². The first-order valence-electron chi connectivity index (χ1n) is 8.26. The van der Waals surface area contributed by atoms with Gasteiger partial charge in [0.1, 0.15) is 5.82 Å². The summed E-state index contributed by atoms with van der Waals surface area (Å²) in [7, 11) is -3.71. The minimum Gasteiger partial charge on any atom is -0.241 e. The second kappa shape index (κ2) is 6.88. The fourth-order valence-corrected chi connectivity index (χ4v) is 5.93. The van der Waals surface area contributed by atoms with E-state index in [-0.39, 0.29) is 15.8 Å². The predicted molar refractivity (Wildman–Crippen MR) is 102 cm³/mol. The van der Waals surface area contributed by atoms with Gasteiger partial charge in [0, 0.05) is 19.0 Å². The average molecular weight is 411 g/mol. The van der Waals surface area contributed by atoms with Crippen LogP contribution in [-0.4, -0.2) is 30.8 Å². The summed E-state index contributed by atoms with van der Waals surface area (Å²) in [4.78, 5) is 4.63. The first-order valence-corrected chi connectivity index (χ1v) is 10.9. The number of piperidine rings is 1. The summed E-state index contributed by atoms with van der Waals surface area (Å²) in [6.45, 7) is 0.792. The van der Waals surface area contributed by atoms with Gasteiger partial charge in [0.15, 0.2) is 0 Å². The molecule has 0 saturated carbocycles. The van der Waals surface area contributed by atoms with Gasteiger partial charge in [-0.1, -0.05) is 23.7 Å². The van der Waals surface area contributed by atoms with Crippen LogP contribution in [0.2, 0.25) is 5.02 Å². The first-order chi connectivity index (χ1) is 12.4. The molecule has 0 unspecified atom stereocenters. The summed E-state index contributed by atoms with van der Waals surface area (Å²) >= 11 is 7.32. The third-order valence-electron chi connectivity index (χ3n) is 4.64. The molecule has 0 amide bonds. The SMILES string of the molecule is O=S(=O)(c1ccc(Cl)c(F)c1)N1CCC(c2nc3ccccc3s2)CC1. The molecule has 0 aliphatic carbocycles. The molecule has 136 valence electrons. The predicted octanol–water partition coefficient (Wildman–Crippen LogP) is 4.66. The van der Waals surface area contributed by atoms with Crippen LogP contribution in [0.5, 0.6) is 0 Å². The molecule has 1 aliphatic heterocycles. The standard InChI is InChI=1S/C18H16ClFN2O2S2/c19-14-6-5-13(11-15(14)20)26(23,24)22-9-7-12(8-10-22)18-21-16-3-1-2-4-17(16)25-18/h1-6,11-12H,7-10H2. The molecule has 1 aromatic heterocycles. The van der Waals surface area contributed by atoms with Crippen molar-refractivity contribution in [3.05, 3.63) is 58.3 Å². The molecule has 0 radical (unpaired) electrons. The number of benzene rings is 2. The third-order valence-corrected chi connectivity index (χ3v) is 8.04. The minimum absolute atomic E-state index is 0.0576. The molecule has 3 aromatic rings. The lowest BCUT2D eigenvalue weighted by atomic mass is 9.99. The van der Waals surface area contributed by atoms with Crippen LogP contribution in [0.15, 0.2) is 47.4 Å². The van der Waals surface area contributed by atoms with E-state index in [9.17, 15) is 12.8 Å². The van der Waals surface area contributed by atoms with Gasteiger partial charge in [0.2, 0.25) is 10.0 Å². The summed E-state index contributed by atoms with van der Waals surface area (Å²) in [6, 6.07) is 11.6. The van der Waals surface area contributed by atoms with Gasteiger partial charge in [0.05, 0.1) is 25.1 Å². The molecule has 1 fully saturated rings. The van der Waals surface area contributed by atoms with Crippen molar-refractivity contribution < 1.29 is 12.8 Å². The Bertz CT molecular complexity index is 1030. The van der Waals surface area contributed by atoms with E-state index in [1.165, 1.54) is 16.4 Å². The van der Waals surface area contributed by atoms with Crippen LogP contribution in [0.1, 0.15) is 23.8 Å². The van der Waals surface area contributed by atoms with Gasteiger partial charge in [-0.2, -0.15) is 4.31 Å². The summed E-state index contributed by atoms with van der Waals surface area (Å²) in [5.41, 5.74) is 0.985. The van der Waals surface area contributed by atoms with Crippen molar-refractivity contribution in [2.75, 3.05) is 13.1 Å². The second-order valence-electron chi connectivity index (χ2n) is 6.27. The zero-order valence-corrected chi connectivity index (χ0v) is 16.1. The van der Waals surface area contributed by atoms with Crippen LogP contribution in [0, 0.1) is 5.82 Å². The Morgan fingerprint density at radius 1 is 1.15 bits per heavy atom. The van der Waals surface area contributed by atoms with E-state index in [1.807, 2.05) is 24.3 Å². The Kier molecular flexibility index (Phi) is 4.73. The molecule has 2 heterocycles. The monoisotopic (exact) mass is 410 g/mol. The highest BCUT2D eigenvalue weighted by molar-refractivity contribution is 7.89. The van der Waals surface area contributed by atoms with Crippen LogP contribution >= 0.6 is 22.9 Å². The molecule has 4 rings (SSSR count). The van der Waals surface area contributed by atoms with Crippen LogP contribution in [0.3, 0.4) is 0 Å². The van der Waals surface area contributed by atoms with Crippen LogP contribution in [0.25, 0.3) is 10.2 Å². The quantitative estimate of drug-likeness (QED) is 0.631. The number of halogens is 2. The number of fused-ring (bicyclic) bond motifs is 1. The molecular formula is C18H16ClFN2O2S2. The smallest absolute Gasteiger partial charge is 0.241 e.